The highest BCUT2D eigenvalue weighted by molar-refractivity contribution is 6.31. The second kappa shape index (κ2) is 7.20. The molecule has 0 bridgehead atoms. The molecule has 0 unspecified atom stereocenters. The van der Waals surface area contributed by atoms with E-state index in [4.69, 9.17) is 27.9 Å². The lowest BCUT2D eigenvalue weighted by atomic mass is 10.3. The van der Waals surface area contributed by atoms with Gasteiger partial charge < -0.3 is 4.74 Å². The Bertz CT molecular complexity index is 635. The van der Waals surface area contributed by atoms with Gasteiger partial charge in [0.2, 0.25) is 0 Å². The van der Waals surface area contributed by atoms with Gasteiger partial charge in [0, 0.05) is 10.0 Å². The molecule has 0 aliphatic carbocycles. The third kappa shape index (κ3) is 4.28. The van der Waals surface area contributed by atoms with Crippen molar-refractivity contribution in [1.82, 2.24) is 0 Å². The van der Waals surface area contributed by atoms with Gasteiger partial charge in [0.25, 0.3) is 0 Å². The Hall–Kier alpha value is -1.91. The van der Waals surface area contributed by atoms with Crippen LogP contribution in [-0.4, -0.2) is 12.7 Å². The van der Waals surface area contributed by atoms with Gasteiger partial charge in [-0.2, -0.15) is 5.01 Å². The molecule has 2 aromatic rings. The molecule has 0 aliphatic heterocycles. The lowest BCUT2D eigenvalue weighted by Gasteiger charge is -2.23. The highest BCUT2D eigenvalue weighted by Gasteiger charge is 2.17. The van der Waals surface area contributed by atoms with E-state index in [1.165, 1.54) is 5.01 Å². The zero-order chi connectivity index (χ0) is 15.2. The molecule has 2 rings (SSSR count). The second-order valence-electron chi connectivity index (χ2n) is 4.14. The smallest absolute Gasteiger partial charge is 0.433 e. The maximum Gasteiger partial charge on any atom is 0.433 e. The van der Waals surface area contributed by atoms with Crippen LogP contribution in [0.3, 0.4) is 0 Å². The molecule has 0 saturated carbocycles. The van der Waals surface area contributed by atoms with E-state index < -0.39 is 6.09 Å². The van der Waals surface area contributed by atoms with Crippen LogP contribution in [0.4, 0.5) is 16.2 Å². The summed E-state index contributed by atoms with van der Waals surface area (Å²) in [4.78, 5) is 12.1. The molecule has 2 aromatic carbocycles. The van der Waals surface area contributed by atoms with Crippen LogP contribution >= 0.6 is 23.2 Å². The fraction of sp³-hybridized carbons (Fsp3) is 0.133. The molecule has 110 valence electrons. The van der Waals surface area contributed by atoms with Gasteiger partial charge in [-0.1, -0.05) is 35.3 Å². The Morgan fingerprint density at radius 3 is 2.43 bits per heavy atom. The first-order chi connectivity index (χ1) is 10.1. The van der Waals surface area contributed by atoms with Crippen molar-refractivity contribution in [3.05, 3.63) is 58.6 Å². The molecule has 1 amide bonds. The molecule has 0 radical (unpaired) electrons. The van der Waals surface area contributed by atoms with Crippen molar-refractivity contribution in [2.24, 2.45) is 0 Å². The molecule has 0 atom stereocenters. The standard InChI is InChI=1S/C15H14Cl2N2O2/c1-2-21-15(20)19(14-8-4-6-12(17)10-14)18-13-7-3-5-11(16)9-13/h3-10,18H,2H2,1H3. The number of amides is 1. The number of carbonyl (C=O) groups is 1. The minimum Gasteiger partial charge on any atom is -0.448 e. The van der Waals surface area contributed by atoms with Crippen molar-refractivity contribution >= 4 is 40.7 Å². The van der Waals surface area contributed by atoms with E-state index in [1.807, 2.05) is 0 Å². The predicted octanol–water partition coefficient (Wildman–Crippen LogP) is 4.98. The summed E-state index contributed by atoms with van der Waals surface area (Å²) in [5, 5.41) is 2.37. The molecule has 4 nitrogen and oxygen atoms in total. The summed E-state index contributed by atoms with van der Waals surface area (Å²) in [6, 6.07) is 13.9. The van der Waals surface area contributed by atoms with Gasteiger partial charge in [-0.3, -0.25) is 5.43 Å². The van der Waals surface area contributed by atoms with Crippen LogP contribution in [0, 0.1) is 0 Å². The molecule has 0 heterocycles. The first-order valence-electron chi connectivity index (χ1n) is 6.35. The van der Waals surface area contributed by atoms with Gasteiger partial charge in [-0.25, -0.2) is 4.79 Å². The Labute approximate surface area is 133 Å². The molecule has 1 N–H and O–H groups in total. The quantitative estimate of drug-likeness (QED) is 0.806. The highest BCUT2D eigenvalue weighted by Crippen LogP contribution is 2.23. The SMILES string of the molecule is CCOC(=O)N(Nc1cccc(Cl)c1)c1cccc(Cl)c1. The average Bonchev–Trinajstić information content (AvgIpc) is 2.45. The van der Waals surface area contributed by atoms with E-state index in [0.717, 1.165) is 0 Å². The molecule has 0 aliphatic rings. The molecule has 0 aromatic heterocycles. The Kier molecular flexibility index (Phi) is 5.31. The molecular formula is C15H14Cl2N2O2. The fourth-order valence-electron chi connectivity index (χ4n) is 1.71. The lowest BCUT2D eigenvalue weighted by molar-refractivity contribution is 0.161. The molecule has 0 spiro atoms. The number of nitrogens with one attached hydrogen (secondary N) is 1. The molecule has 6 heteroatoms. The summed E-state index contributed by atoms with van der Waals surface area (Å²) in [5.74, 6) is 0. The zero-order valence-electron chi connectivity index (χ0n) is 11.3. The van der Waals surface area contributed by atoms with Gasteiger partial charge in [0.1, 0.15) is 0 Å². The number of rotatable bonds is 4. The zero-order valence-corrected chi connectivity index (χ0v) is 12.9. The number of hydrazine groups is 1. The summed E-state index contributed by atoms with van der Waals surface area (Å²) < 4.78 is 5.05. The number of hydrogen-bond acceptors (Lipinski definition) is 3. The number of benzene rings is 2. The van der Waals surface area contributed by atoms with E-state index >= 15 is 0 Å². The number of ether oxygens (including phenoxy) is 1. The Morgan fingerprint density at radius 1 is 1.14 bits per heavy atom. The predicted molar refractivity (Wildman–Crippen MR) is 86.0 cm³/mol. The molecule has 21 heavy (non-hydrogen) atoms. The lowest BCUT2D eigenvalue weighted by Crippen LogP contribution is -2.36. The van der Waals surface area contributed by atoms with Crippen LogP contribution in [0.15, 0.2) is 48.5 Å². The molecular weight excluding hydrogens is 311 g/mol. The number of nitrogens with zero attached hydrogens (tertiary/aromatic N) is 1. The van der Waals surface area contributed by atoms with Crippen molar-refractivity contribution in [2.45, 2.75) is 6.92 Å². The minimum atomic E-state index is -0.528. The van der Waals surface area contributed by atoms with Gasteiger partial charge in [0.15, 0.2) is 0 Å². The maximum atomic E-state index is 12.1. The highest BCUT2D eigenvalue weighted by atomic mass is 35.5. The largest absolute Gasteiger partial charge is 0.448 e. The first kappa shape index (κ1) is 15.5. The average molecular weight is 325 g/mol. The third-order valence-electron chi connectivity index (χ3n) is 2.58. The van der Waals surface area contributed by atoms with Crippen molar-refractivity contribution in [1.29, 1.82) is 0 Å². The van der Waals surface area contributed by atoms with Crippen molar-refractivity contribution < 1.29 is 9.53 Å². The number of anilines is 2. The van der Waals surface area contributed by atoms with Crippen molar-refractivity contribution in [3.63, 3.8) is 0 Å². The third-order valence-corrected chi connectivity index (χ3v) is 3.05. The molecule has 0 fully saturated rings. The van der Waals surface area contributed by atoms with E-state index in [2.05, 4.69) is 5.43 Å². The minimum absolute atomic E-state index is 0.271. The Morgan fingerprint density at radius 2 is 1.81 bits per heavy atom. The van der Waals surface area contributed by atoms with Crippen molar-refractivity contribution in [2.75, 3.05) is 17.0 Å². The van der Waals surface area contributed by atoms with Crippen LogP contribution in [0.5, 0.6) is 0 Å². The van der Waals surface area contributed by atoms with Gasteiger partial charge in [-0.15, -0.1) is 0 Å². The summed E-state index contributed by atoms with van der Waals surface area (Å²) in [6.45, 7) is 2.01. The molecule has 0 saturated heterocycles. The normalized spacial score (nSPS) is 10.0. The van der Waals surface area contributed by atoms with E-state index in [-0.39, 0.29) is 6.61 Å². The number of hydrogen-bond donors (Lipinski definition) is 1. The van der Waals surface area contributed by atoms with E-state index in [9.17, 15) is 4.79 Å². The summed E-state index contributed by atoms with van der Waals surface area (Å²) in [7, 11) is 0. The van der Waals surface area contributed by atoms with Crippen LogP contribution in [0.25, 0.3) is 0 Å². The van der Waals surface area contributed by atoms with Crippen LogP contribution in [0.1, 0.15) is 6.92 Å². The van der Waals surface area contributed by atoms with Crippen molar-refractivity contribution in [3.8, 4) is 0 Å². The number of carbonyl (C=O) groups excluding carboxylic acids is 1. The summed E-state index contributed by atoms with van der Waals surface area (Å²) >= 11 is 11.9. The monoisotopic (exact) mass is 324 g/mol. The van der Waals surface area contributed by atoms with Gasteiger partial charge in [-0.05, 0) is 43.3 Å². The topological polar surface area (TPSA) is 41.6 Å². The van der Waals surface area contributed by atoms with E-state index in [0.29, 0.717) is 21.4 Å². The van der Waals surface area contributed by atoms with Gasteiger partial charge >= 0.3 is 6.09 Å². The summed E-state index contributed by atoms with van der Waals surface area (Å²) in [5.41, 5.74) is 4.20. The fourth-order valence-corrected chi connectivity index (χ4v) is 2.08. The maximum absolute atomic E-state index is 12.1. The van der Waals surface area contributed by atoms with Crippen LogP contribution < -0.4 is 10.4 Å². The summed E-state index contributed by atoms with van der Waals surface area (Å²) in [6.07, 6.45) is -0.528. The van der Waals surface area contributed by atoms with E-state index in [1.54, 1.807) is 55.5 Å². The second-order valence-corrected chi connectivity index (χ2v) is 5.01. The van der Waals surface area contributed by atoms with Gasteiger partial charge in [0.05, 0.1) is 18.0 Å². The van der Waals surface area contributed by atoms with Crippen LogP contribution in [-0.2, 0) is 4.74 Å². The Balaban J connectivity index is 2.30. The van der Waals surface area contributed by atoms with Crippen LogP contribution in [0.2, 0.25) is 10.0 Å². The first-order valence-corrected chi connectivity index (χ1v) is 7.10. The number of halogens is 2.